The van der Waals surface area contributed by atoms with E-state index >= 15 is 0 Å². The van der Waals surface area contributed by atoms with E-state index in [4.69, 9.17) is 11.6 Å². The van der Waals surface area contributed by atoms with Crippen molar-refractivity contribution in [2.45, 2.75) is 6.92 Å². The first-order chi connectivity index (χ1) is 11.0. The maximum Gasteiger partial charge on any atom is 0.276 e. The first-order valence-corrected chi connectivity index (χ1v) is 7.73. The highest BCUT2D eigenvalue weighted by Gasteiger charge is 2.22. The van der Waals surface area contributed by atoms with Crippen molar-refractivity contribution < 1.29 is 9.90 Å². The van der Waals surface area contributed by atoms with Crippen molar-refractivity contribution in [3.05, 3.63) is 58.4 Å². The molecule has 0 saturated heterocycles. The van der Waals surface area contributed by atoms with Crippen LogP contribution in [0.3, 0.4) is 0 Å². The minimum atomic E-state index is -0.287. The van der Waals surface area contributed by atoms with Gasteiger partial charge in [0.05, 0.1) is 17.3 Å². The first kappa shape index (κ1) is 17.2. The van der Waals surface area contributed by atoms with Crippen LogP contribution in [0.25, 0.3) is 6.08 Å². The summed E-state index contributed by atoms with van der Waals surface area (Å²) in [4.78, 5) is 14.1. The molecule has 23 heavy (non-hydrogen) atoms. The molecule has 1 N–H and O–H groups in total. The number of rotatable bonds is 6. The van der Waals surface area contributed by atoms with Crippen LogP contribution in [-0.4, -0.2) is 45.4 Å². The third kappa shape index (κ3) is 4.21. The van der Waals surface area contributed by atoms with Crippen molar-refractivity contribution in [1.82, 2.24) is 14.7 Å². The highest BCUT2D eigenvalue weighted by molar-refractivity contribution is 6.34. The maximum atomic E-state index is 12.6. The minimum Gasteiger partial charge on any atom is -0.395 e. The zero-order valence-corrected chi connectivity index (χ0v) is 14.0. The molecule has 2 rings (SSSR count). The Morgan fingerprint density at radius 3 is 2.65 bits per heavy atom. The molecule has 0 atom stereocenters. The maximum absolute atomic E-state index is 12.6. The van der Waals surface area contributed by atoms with E-state index in [0.29, 0.717) is 11.6 Å². The van der Waals surface area contributed by atoms with Gasteiger partial charge in [0.25, 0.3) is 5.91 Å². The van der Waals surface area contributed by atoms with E-state index in [9.17, 15) is 9.90 Å². The second kappa shape index (κ2) is 7.94. The molecule has 6 heteroatoms. The molecular weight excluding hydrogens is 314 g/mol. The van der Waals surface area contributed by atoms with Crippen LogP contribution in [0.5, 0.6) is 0 Å². The SMILES string of the molecule is Cc1c(Cl)c(C(=O)N(C/C=C/c2ccccc2)CCO)nn1C. The van der Waals surface area contributed by atoms with Gasteiger partial charge in [0.2, 0.25) is 0 Å². The summed E-state index contributed by atoms with van der Waals surface area (Å²) in [6.07, 6.45) is 3.82. The lowest BCUT2D eigenvalue weighted by molar-refractivity contribution is 0.0736. The number of aromatic nitrogens is 2. The van der Waals surface area contributed by atoms with Gasteiger partial charge >= 0.3 is 0 Å². The summed E-state index contributed by atoms with van der Waals surface area (Å²) >= 11 is 6.17. The molecule has 0 aliphatic carbocycles. The van der Waals surface area contributed by atoms with E-state index in [1.807, 2.05) is 42.5 Å². The minimum absolute atomic E-state index is 0.117. The summed E-state index contributed by atoms with van der Waals surface area (Å²) in [5, 5.41) is 13.7. The molecule has 0 aliphatic heterocycles. The Labute approximate surface area is 140 Å². The summed E-state index contributed by atoms with van der Waals surface area (Å²) in [5.41, 5.74) is 2.00. The van der Waals surface area contributed by atoms with Gasteiger partial charge in [0.15, 0.2) is 5.69 Å². The molecule has 1 aromatic carbocycles. The van der Waals surface area contributed by atoms with Crippen molar-refractivity contribution >= 4 is 23.6 Å². The normalized spacial score (nSPS) is 11.1. The van der Waals surface area contributed by atoms with Gasteiger partial charge in [-0.3, -0.25) is 9.48 Å². The Kier molecular flexibility index (Phi) is 5.96. The van der Waals surface area contributed by atoms with Gasteiger partial charge in [-0.25, -0.2) is 0 Å². The Bertz CT molecular complexity index is 695. The summed E-state index contributed by atoms with van der Waals surface area (Å²) in [7, 11) is 1.74. The lowest BCUT2D eigenvalue weighted by atomic mass is 10.2. The number of carbonyl (C=O) groups excluding carboxylic acids is 1. The molecule has 122 valence electrons. The van der Waals surface area contributed by atoms with Gasteiger partial charge in [-0.1, -0.05) is 54.1 Å². The fraction of sp³-hybridized carbons (Fsp3) is 0.294. The quantitative estimate of drug-likeness (QED) is 0.883. The number of hydrogen-bond acceptors (Lipinski definition) is 3. The zero-order chi connectivity index (χ0) is 16.8. The van der Waals surface area contributed by atoms with Crippen molar-refractivity contribution in [3.8, 4) is 0 Å². The highest BCUT2D eigenvalue weighted by atomic mass is 35.5. The molecule has 0 fully saturated rings. The third-order valence-corrected chi connectivity index (χ3v) is 4.01. The molecule has 5 nitrogen and oxygen atoms in total. The predicted octanol–water partition coefficient (Wildman–Crippen LogP) is 2.53. The molecule has 2 aromatic rings. The molecule has 0 saturated carbocycles. The molecule has 0 aliphatic rings. The monoisotopic (exact) mass is 333 g/mol. The fourth-order valence-corrected chi connectivity index (χ4v) is 2.39. The Morgan fingerprint density at radius 1 is 1.39 bits per heavy atom. The van der Waals surface area contributed by atoms with Crippen LogP contribution in [0, 0.1) is 6.92 Å². The second-order valence-corrected chi connectivity index (χ2v) is 5.54. The number of hydrogen-bond donors (Lipinski definition) is 1. The highest BCUT2D eigenvalue weighted by Crippen LogP contribution is 2.20. The lowest BCUT2D eigenvalue weighted by Gasteiger charge is -2.19. The molecule has 0 unspecified atom stereocenters. The summed E-state index contributed by atoms with van der Waals surface area (Å²) in [6, 6.07) is 9.81. The molecular formula is C17H20ClN3O2. The van der Waals surface area contributed by atoms with Gasteiger partial charge in [-0.2, -0.15) is 5.10 Å². The van der Waals surface area contributed by atoms with E-state index in [1.54, 1.807) is 18.7 Å². The largest absolute Gasteiger partial charge is 0.395 e. The summed E-state index contributed by atoms with van der Waals surface area (Å²) in [5.74, 6) is -0.287. The Hall–Kier alpha value is -2.11. The number of amides is 1. The topological polar surface area (TPSA) is 58.4 Å². The van der Waals surface area contributed by atoms with E-state index in [2.05, 4.69) is 5.10 Å². The van der Waals surface area contributed by atoms with Crippen LogP contribution in [-0.2, 0) is 7.05 Å². The van der Waals surface area contributed by atoms with Crippen LogP contribution in [0.1, 0.15) is 21.7 Å². The second-order valence-electron chi connectivity index (χ2n) is 5.16. The Balaban J connectivity index is 2.12. The molecule has 0 bridgehead atoms. The van der Waals surface area contributed by atoms with Gasteiger partial charge in [0, 0.05) is 20.1 Å². The van der Waals surface area contributed by atoms with Crippen LogP contribution < -0.4 is 0 Å². The van der Waals surface area contributed by atoms with E-state index in [0.717, 1.165) is 11.3 Å². The molecule has 1 amide bonds. The number of aliphatic hydroxyl groups is 1. The first-order valence-electron chi connectivity index (χ1n) is 7.35. The van der Waals surface area contributed by atoms with E-state index in [1.165, 1.54) is 4.90 Å². The smallest absolute Gasteiger partial charge is 0.276 e. The summed E-state index contributed by atoms with van der Waals surface area (Å²) in [6.45, 7) is 2.29. The van der Waals surface area contributed by atoms with Gasteiger partial charge in [0.1, 0.15) is 0 Å². The number of aryl methyl sites for hydroxylation is 1. The van der Waals surface area contributed by atoms with Crippen LogP contribution in [0.4, 0.5) is 0 Å². The Morgan fingerprint density at radius 2 is 2.09 bits per heavy atom. The zero-order valence-electron chi connectivity index (χ0n) is 13.2. The standard InChI is InChI=1S/C17H20ClN3O2/c1-13-15(18)16(19-20(13)2)17(23)21(11-12-22)10-6-9-14-7-4-3-5-8-14/h3-9,22H,10-12H2,1-2H3/b9-6+. The lowest BCUT2D eigenvalue weighted by Crippen LogP contribution is -2.34. The van der Waals surface area contributed by atoms with Crippen molar-refractivity contribution in [2.24, 2.45) is 7.05 Å². The number of aliphatic hydroxyl groups excluding tert-OH is 1. The van der Waals surface area contributed by atoms with Gasteiger partial charge < -0.3 is 10.0 Å². The van der Waals surface area contributed by atoms with Crippen LogP contribution in [0.15, 0.2) is 36.4 Å². The molecule has 0 spiro atoms. The van der Waals surface area contributed by atoms with Crippen molar-refractivity contribution in [3.63, 3.8) is 0 Å². The van der Waals surface area contributed by atoms with Gasteiger partial charge in [-0.05, 0) is 12.5 Å². The third-order valence-electron chi connectivity index (χ3n) is 3.56. The van der Waals surface area contributed by atoms with Crippen molar-refractivity contribution in [2.75, 3.05) is 19.7 Å². The van der Waals surface area contributed by atoms with Gasteiger partial charge in [-0.15, -0.1) is 0 Å². The number of nitrogens with zero attached hydrogens (tertiary/aromatic N) is 3. The average molecular weight is 334 g/mol. The molecule has 1 heterocycles. The average Bonchev–Trinajstić information content (AvgIpc) is 2.82. The van der Waals surface area contributed by atoms with Crippen LogP contribution >= 0.6 is 11.6 Å². The van der Waals surface area contributed by atoms with E-state index in [-0.39, 0.29) is 24.8 Å². The molecule has 1 aromatic heterocycles. The number of halogens is 1. The number of carbonyl (C=O) groups is 1. The van der Waals surface area contributed by atoms with Crippen molar-refractivity contribution in [1.29, 1.82) is 0 Å². The number of benzene rings is 1. The predicted molar refractivity (Wildman–Crippen MR) is 91.4 cm³/mol. The van der Waals surface area contributed by atoms with Crippen LogP contribution in [0.2, 0.25) is 5.02 Å². The van der Waals surface area contributed by atoms with E-state index < -0.39 is 0 Å². The molecule has 0 radical (unpaired) electrons. The fourth-order valence-electron chi connectivity index (χ4n) is 2.15. The summed E-state index contributed by atoms with van der Waals surface area (Å²) < 4.78 is 1.58.